The number of esters is 1. The maximum absolute atomic E-state index is 11.8. The molecular formula is C18H25N5O2. The molecule has 134 valence electrons. The Morgan fingerprint density at radius 3 is 2.56 bits per heavy atom. The average Bonchev–Trinajstić information content (AvgIpc) is 3.29. The quantitative estimate of drug-likeness (QED) is 0.862. The highest BCUT2D eigenvalue weighted by Gasteiger charge is 2.28. The van der Waals surface area contributed by atoms with Crippen LogP contribution in [0, 0.1) is 12.8 Å². The van der Waals surface area contributed by atoms with Crippen LogP contribution in [0.2, 0.25) is 0 Å². The number of nitrogens with zero attached hydrogens (tertiary/aromatic N) is 4. The van der Waals surface area contributed by atoms with Gasteiger partial charge in [-0.1, -0.05) is 0 Å². The Balaban J connectivity index is 1.65. The van der Waals surface area contributed by atoms with Gasteiger partial charge in [-0.3, -0.25) is 4.79 Å². The number of methoxy groups -OCH3 is 1. The molecule has 0 radical (unpaired) electrons. The monoisotopic (exact) mass is 343 g/mol. The lowest BCUT2D eigenvalue weighted by atomic mass is 9.97. The molecule has 7 heteroatoms. The number of piperidine rings is 1. The number of aryl methyl sites for hydroxylation is 1. The molecule has 2 saturated heterocycles. The second kappa shape index (κ2) is 6.54. The van der Waals surface area contributed by atoms with Crippen molar-refractivity contribution in [1.29, 1.82) is 0 Å². The number of carbonyl (C=O) groups excluding carboxylic acids is 1. The van der Waals surface area contributed by atoms with Gasteiger partial charge in [0.2, 0.25) is 5.95 Å². The summed E-state index contributed by atoms with van der Waals surface area (Å²) < 4.78 is 4.90. The van der Waals surface area contributed by atoms with Crippen molar-refractivity contribution in [2.24, 2.45) is 5.92 Å². The highest BCUT2D eigenvalue weighted by atomic mass is 16.5. The lowest BCUT2D eigenvalue weighted by Gasteiger charge is -2.32. The molecule has 2 aliphatic rings. The number of aromatic nitrogens is 3. The van der Waals surface area contributed by atoms with Gasteiger partial charge < -0.3 is 19.5 Å². The minimum Gasteiger partial charge on any atom is -0.469 e. The van der Waals surface area contributed by atoms with Crippen LogP contribution < -0.4 is 9.80 Å². The SMILES string of the molecule is COC(=O)C1CCN(c2nc(N3CCCC3)nc3[nH]c(C)cc23)CC1. The maximum atomic E-state index is 11.8. The predicted molar refractivity (Wildman–Crippen MR) is 97.0 cm³/mol. The molecule has 0 saturated carbocycles. The molecule has 25 heavy (non-hydrogen) atoms. The summed E-state index contributed by atoms with van der Waals surface area (Å²) in [5.41, 5.74) is 1.99. The highest BCUT2D eigenvalue weighted by Crippen LogP contribution is 2.31. The summed E-state index contributed by atoms with van der Waals surface area (Å²) in [6.45, 7) is 5.72. The number of nitrogens with one attached hydrogen (secondary N) is 1. The van der Waals surface area contributed by atoms with Crippen LogP contribution in [0.3, 0.4) is 0 Å². The number of anilines is 2. The standard InChI is InChI=1S/C18H25N5O2/c1-12-11-14-15(19-12)20-18(23-7-3-4-8-23)21-16(14)22-9-5-13(6-10-22)17(24)25-2/h11,13H,3-10H2,1-2H3,(H,19,20,21). The Hall–Kier alpha value is -2.31. The molecule has 0 unspecified atom stereocenters. The molecule has 2 aliphatic heterocycles. The maximum Gasteiger partial charge on any atom is 0.308 e. The Bertz CT molecular complexity index is 773. The number of hydrogen-bond donors (Lipinski definition) is 1. The molecule has 4 rings (SSSR count). The third-order valence-corrected chi connectivity index (χ3v) is 5.31. The van der Waals surface area contributed by atoms with E-state index in [2.05, 4.69) is 20.9 Å². The molecule has 0 aromatic carbocycles. The van der Waals surface area contributed by atoms with Gasteiger partial charge in [0.15, 0.2) is 0 Å². The summed E-state index contributed by atoms with van der Waals surface area (Å²) in [4.78, 5) is 29.4. The molecule has 2 fully saturated rings. The first-order valence-electron chi connectivity index (χ1n) is 9.11. The molecular weight excluding hydrogens is 318 g/mol. The fourth-order valence-electron chi connectivity index (χ4n) is 3.91. The van der Waals surface area contributed by atoms with Crippen molar-refractivity contribution in [2.75, 3.05) is 43.1 Å². The van der Waals surface area contributed by atoms with E-state index >= 15 is 0 Å². The summed E-state index contributed by atoms with van der Waals surface area (Å²) >= 11 is 0. The number of ether oxygens (including phenoxy) is 1. The van der Waals surface area contributed by atoms with Gasteiger partial charge in [-0.25, -0.2) is 0 Å². The number of carbonyl (C=O) groups is 1. The molecule has 4 heterocycles. The van der Waals surface area contributed by atoms with Crippen molar-refractivity contribution in [3.8, 4) is 0 Å². The van der Waals surface area contributed by atoms with E-state index in [1.54, 1.807) is 0 Å². The zero-order valence-electron chi connectivity index (χ0n) is 14.9. The highest BCUT2D eigenvalue weighted by molar-refractivity contribution is 5.89. The number of rotatable bonds is 3. The van der Waals surface area contributed by atoms with Gasteiger partial charge in [0.1, 0.15) is 11.5 Å². The van der Waals surface area contributed by atoms with Crippen LogP contribution >= 0.6 is 0 Å². The van der Waals surface area contributed by atoms with E-state index in [-0.39, 0.29) is 11.9 Å². The summed E-state index contributed by atoms with van der Waals surface area (Å²) in [7, 11) is 1.47. The van der Waals surface area contributed by atoms with Gasteiger partial charge in [0.25, 0.3) is 0 Å². The van der Waals surface area contributed by atoms with Crippen LogP contribution in [0.4, 0.5) is 11.8 Å². The fourth-order valence-corrected chi connectivity index (χ4v) is 3.91. The van der Waals surface area contributed by atoms with Crippen LogP contribution in [-0.2, 0) is 9.53 Å². The second-order valence-electron chi connectivity index (χ2n) is 7.04. The van der Waals surface area contributed by atoms with Crippen LogP contribution in [0.5, 0.6) is 0 Å². The number of H-pyrrole nitrogens is 1. The molecule has 0 atom stereocenters. The molecule has 0 amide bonds. The lowest BCUT2D eigenvalue weighted by Crippen LogP contribution is -2.37. The number of fused-ring (bicyclic) bond motifs is 1. The number of aromatic amines is 1. The Kier molecular flexibility index (Phi) is 4.23. The third-order valence-electron chi connectivity index (χ3n) is 5.31. The van der Waals surface area contributed by atoms with Gasteiger partial charge in [-0.05, 0) is 38.7 Å². The van der Waals surface area contributed by atoms with Gasteiger partial charge in [0, 0.05) is 31.9 Å². The van der Waals surface area contributed by atoms with Gasteiger partial charge in [-0.15, -0.1) is 0 Å². The van der Waals surface area contributed by atoms with Crippen LogP contribution in [0.1, 0.15) is 31.4 Å². The van der Waals surface area contributed by atoms with Gasteiger partial charge in [-0.2, -0.15) is 9.97 Å². The first kappa shape index (κ1) is 16.2. The molecule has 1 N–H and O–H groups in total. The first-order valence-corrected chi connectivity index (χ1v) is 9.11. The van der Waals surface area contributed by atoms with Crippen LogP contribution in [0.25, 0.3) is 11.0 Å². The normalized spacial score (nSPS) is 19.0. The summed E-state index contributed by atoms with van der Waals surface area (Å²) in [6, 6.07) is 2.12. The molecule has 2 aromatic heterocycles. The van der Waals surface area contributed by atoms with Crippen molar-refractivity contribution < 1.29 is 9.53 Å². The van der Waals surface area contributed by atoms with E-state index in [4.69, 9.17) is 14.7 Å². The van der Waals surface area contributed by atoms with Crippen molar-refractivity contribution in [2.45, 2.75) is 32.6 Å². The van der Waals surface area contributed by atoms with Crippen LogP contribution in [0.15, 0.2) is 6.07 Å². The Labute approximate surface area is 147 Å². The largest absolute Gasteiger partial charge is 0.469 e. The van der Waals surface area contributed by atoms with Crippen molar-refractivity contribution in [3.05, 3.63) is 11.8 Å². The van der Waals surface area contributed by atoms with Gasteiger partial charge in [0.05, 0.1) is 18.4 Å². The van der Waals surface area contributed by atoms with E-state index in [0.717, 1.165) is 67.5 Å². The van der Waals surface area contributed by atoms with Crippen LogP contribution in [-0.4, -0.2) is 54.2 Å². The average molecular weight is 343 g/mol. The Morgan fingerprint density at radius 1 is 1.16 bits per heavy atom. The van der Waals surface area contributed by atoms with Crippen molar-refractivity contribution >= 4 is 28.8 Å². The van der Waals surface area contributed by atoms with E-state index in [9.17, 15) is 4.79 Å². The number of hydrogen-bond acceptors (Lipinski definition) is 6. The van der Waals surface area contributed by atoms with Crippen molar-refractivity contribution in [3.63, 3.8) is 0 Å². The minimum absolute atomic E-state index is 0.00425. The summed E-state index contributed by atoms with van der Waals surface area (Å²) in [5, 5.41) is 1.07. The topological polar surface area (TPSA) is 74.3 Å². The van der Waals surface area contributed by atoms with E-state index in [1.165, 1.54) is 20.0 Å². The molecule has 2 aromatic rings. The summed E-state index contributed by atoms with van der Waals surface area (Å²) in [5.74, 6) is 1.71. The molecule has 0 aliphatic carbocycles. The lowest BCUT2D eigenvalue weighted by molar-refractivity contribution is -0.146. The summed E-state index contributed by atoms with van der Waals surface area (Å²) in [6.07, 6.45) is 4.01. The minimum atomic E-state index is -0.0947. The fraction of sp³-hybridized carbons (Fsp3) is 0.611. The molecule has 0 spiro atoms. The molecule has 0 bridgehead atoms. The predicted octanol–water partition coefficient (Wildman–Crippen LogP) is 2.26. The zero-order valence-corrected chi connectivity index (χ0v) is 14.9. The van der Waals surface area contributed by atoms with Crippen molar-refractivity contribution in [1.82, 2.24) is 15.0 Å². The van der Waals surface area contributed by atoms with E-state index in [0.29, 0.717) is 0 Å². The molecule has 7 nitrogen and oxygen atoms in total. The third kappa shape index (κ3) is 3.03. The van der Waals surface area contributed by atoms with Gasteiger partial charge >= 0.3 is 5.97 Å². The second-order valence-corrected chi connectivity index (χ2v) is 7.04. The smallest absolute Gasteiger partial charge is 0.308 e. The Morgan fingerprint density at radius 2 is 1.88 bits per heavy atom. The van der Waals surface area contributed by atoms with E-state index in [1.807, 2.05) is 6.92 Å². The van der Waals surface area contributed by atoms with E-state index < -0.39 is 0 Å². The zero-order chi connectivity index (χ0) is 17.4. The first-order chi connectivity index (χ1) is 12.2.